The number of amides is 1. The highest BCUT2D eigenvalue weighted by atomic mass is 79.9. The summed E-state index contributed by atoms with van der Waals surface area (Å²) in [7, 11) is 0. The summed E-state index contributed by atoms with van der Waals surface area (Å²) in [5.74, 6) is -0.204. The van der Waals surface area contributed by atoms with Crippen molar-refractivity contribution in [2.75, 3.05) is 18.4 Å². The van der Waals surface area contributed by atoms with Crippen molar-refractivity contribution in [2.45, 2.75) is 33.6 Å². The molecular weight excluding hydrogens is 268 g/mol. The lowest BCUT2D eigenvalue weighted by Gasteiger charge is -2.30. The van der Waals surface area contributed by atoms with Crippen LogP contribution in [-0.2, 0) is 4.79 Å². The highest BCUT2D eigenvalue weighted by Gasteiger charge is 2.31. The summed E-state index contributed by atoms with van der Waals surface area (Å²) in [6, 6.07) is 0. The zero-order valence-corrected chi connectivity index (χ0v) is 11.0. The van der Waals surface area contributed by atoms with Gasteiger partial charge in [0.05, 0.1) is 6.54 Å². The second-order valence-corrected chi connectivity index (χ2v) is 4.86. The van der Waals surface area contributed by atoms with E-state index < -0.39 is 18.4 Å². The van der Waals surface area contributed by atoms with Crippen molar-refractivity contribution >= 4 is 21.8 Å². The molecule has 0 unspecified atom stereocenters. The molecule has 15 heavy (non-hydrogen) atoms. The number of alkyl halides is 3. The number of nitrogens with zero attached hydrogens (tertiary/aromatic N) is 1. The van der Waals surface area contributed by atoms with Crippen molar-refractivity contribution in [3.8, 4) is 0 Å². The van der Waals surface area contributed by atoms with Gasteiger partial charge in [-0.15, -0.1) is 0 Å². The fraction of sp³-hybridized carbons (Fsp3) is 0.900. The quantitative estimate of drug-likeness (QED) is 0.687. The molecule has 0 aliphatic carbocycles. The Morgan fingerprint density at radius 3 is 2.33 bits per heavy atom. The first-order chi connectivity index (χ1) is 6.85. The van der Waals surface area contributed by atoms with E-state index in [4.69, 9.17) is 0 Å². The first-order valence-corrected chi connectivity index (χ1v) is 6.10. The van der Waals surface area contributed by atoms with Crippen LogP contribution in [-0.4, -0.2) is 35.7 Å². The van der Waals surface area contributed by atoms with Gasteiger partial charge in [0.2, 0.25) is 5.91 Å². The Labute approximate surface area is 98.1 Å². The van der Waals surface area contributed by atoms with Crippen LogP contribution in [0.2, 0.25) is 0 Å². The molecule has 0 aliphatic rings. The van der Waals surface area contributed by atoms with Crippen LogP contribution >= 0.6 is 15.9 Å². The molecule has 1 amide bonds. The Hall–Kier alpha value is -0.190. The van der Waals surface area contributed by atoms with Gasteiger partial charge in [0.15, 0.2) is 0 Å². The Morgan fingerprint density at radius 1 is 1.47 bits per heavy atom. The maximum atomic E-state index is 12.3. The Bertz CT molecular complexity index is 210. The molecule has 0 aromatic carbocycles. The summed E-state index contributed by atoms with van der Waals surface area (Å²) < 4.78 is 24.5. The van der Waals surface area contributed by atoms with E-state index in [9.17, 15) is 13.6 Å². The predicted molar refractivity (Wildman–Crippen MR) is 60.5 cm³/mol. The van der Waals surface area contributed by atoms with E-state index in [1.54, 1.807) is 13.8 Å². The molecular formula is C10H18BrF2NO. The second-order valence-electron chi connectivity index (χ2n) is 4.07. The van der Waals surface area contributed by atoms with Crippen molar-refractivity contribution < 1.29 is 13.6 Å². The summed E-state index contributed by atoms with van der Waals surface area (Å²) in [6.07, 6.45) is -1.82. The maximum absolute atomic E-state index is 12.3. The lowest BCUT2D eigenvalue weighted by atomic mass is 9.88. The SMILES string of the molecule is CCC(C)(C)C(=O)N(CCBr)CC(F)F. The van der Waals surface area contributed by atoms with Gasteiger partial charge in [0, 0.05) is 17.3 Å². The lowest BCUT2D eigenvalue weighted by Crippen LogP contribution is -2.44. The van der Waals surface area contributed by atoms with Gasteiger partial charge in [0.25, 0.3) is 6.43 Å². The third-order valence-corrected chi connectivity index (χ3v) is 2.82. The molecule has 0 radical (unpaired) electrons. The van der Waals surface area contributed by atoms with Gasteiger partial charge in [-0.3, -0.25) is 4.79 Å². The fourth-order valence-corrected chi connectivity index (χ4v) is 1.55. The monoisotopic (exact) mass is 285 g/mol. The smallest absolute Gasteiger partial charge is 0.255 e. The van der Waals surface area contributed by atoms with Crippen molar-refractivity contribution in [1.29, 1.82) is 0 Å². The van der Waals surface area contributed by atoms with Crippen molar-refractivity contribution in [1.82, 2.24) is 4.90 Å². The van der Waals surface area contributed by atoms with Gasteiger partial charge < -0.3 is 4.90 Å². The van der Waals surface area contributed by atoms with Crippen LogP contribution in [0.3, 0.4) is 0 Å². The molecule has 0 aliphatic heterocycles. The van der Waals surface area contributed by atoms with Crippen LogP contribution in [0.5, 0.6) is 0 Å². The lowest BCUT2D eigenvalue weighted by molar-refractivity contribution is -0.142. The molecule has 0 saturated heterocycles. The minimum Gasteiger partial charge on any atom is -0.336 e. The van der Waals surface area contributed by atoms with E-state index in [0.717, 1.165) is 0 Å². The number of hydrogen-bond acceptors (Lipinski definition) is 1. The molecule has 2 nitrogen and oxygen atoms in total. The fourth-order valence-electron chi connectivity index (χ4n) is 1.12. The summed E-state index contributed by atoms with van der Waals surface area (Å²) in [5, 5.41) is 0.519. The first-order valence-electron chi connectivity index (χ1n) is 4.98. The molecule has 0 heterocycles. The van der Waals surface area contributed by atoms with Crippen LogP contribution in [0, 0.1) is 5.41 Å². The third-order valence-electron chi connectivity index (χ3n) is 2.46. The minimum absolute atomic E-state index is 0.204. The second kappa shape index (κ2) is 6.40. The highest BCUT2D eigenvalue weighted by Crippen LogP contribution is 2.23. The van der Waals surface area contributed by atoms with E-state index in [2.05, 4.69) is 15.9 Å². The zero-order chi connectivity index (χ0) is 12.1. The molecule has 0 spiro atoms. The van der Waals surface area contributed by atoms with E-state index in [1.165, 1.54) is 4.90 Å². The third kappa shape index (κ3) is 4.91. The Kier molecular flexibility index (Phi) is 6.32. The van der Waals surface area contributed by atoms with Gasteiger partial charge in [-0.1, -0.05) is 36.7 Å². The van der Waals surface area contributed by atoms with E-state index >= 15 is 0 Å². The number of carbonyl (C=O) groups is 1. The van der Waals surface area contributed by atoms with Crippen LogP contribution < -0.4 is 0 Å². The Morgan fingerprint density at radius 2 is 2.00 bits per heavy atom. The summed E-state index contributed by atoms with van der Waals surface area (Å²) in [6.45, 7) is 5.29. The largest absolute Gasteiger partial charge is 0.336 e. The molecule has 0 rings (SSSR count). The first kappa shape index (κ1) is 14.8. The van der Waals surface area contributed by atoms with E-state index in [0.29, 0.717) is 18.3 Å². The van der Waals surface area contributed by atoms with Crippen LogP contribution in [0.1, 0.15) is 27.2 Å². The van der Waals surface area contributed by atoms with E-state index in [1.807, 2.05) is 6.92 Å². The molecule has 0 saturated carbocycles. The van der Waals surface area contributed by atoms with Crippen LogP contribution in [0.4, 0.5) is 8.78 Å². The van der Waals surface area contributed by atoms with Crippen molar-refractivity contribution in [3.63, 3.8) is 0 Å². The predicted octanol–water partition coefficient (Wildman–Crippen LogP) is 2.91. The molecule has 0 bridgehead atoms. The Balaban J connectivity index is 4.54. The highest BCUT2D eigenvalue weighted by molar-refractivity contribution is 9.09. The molecule has 0 aromatic heterocycles. The maximum Gasteiger partial charge on any atom is 0.255 e. The number of hydrogen-bond donors (Lipinski definition) is 0. The standard InChI is InChI=1S/C10H18BrF2NO/c1-4-10(2,3)9(15)14(6-5-11)7-8(12)13/h8H,4-7H2,1-3H3. The summed E-state index contributed by atoms with van der Waals surface area (Å²) in [5.41, 5.74) is -0.558. The summed E-state index contributed by atoms with van der Waals surface area (Å²) >= 11 is 3.16. The zero-order valence-electron chi connectivity index (χ0n) is 9.40. The topological polar surface area (TPSA) is 20.3 Å². The van der Waals surface area contributed by atoms with Gasteiger partial charge in [-0.2, -0.15) is 0 Å². The van der Waals surface area contributed by atoms with Gasteiger partial charge in [-0.25, -0.2) is 8.78 Å². The van der Waals surface area contributed by atoms with Crippen molar-refractivity contribution in [2.24, 2.45) is 5.41 Å². The average molecular weight is 286 g/mol. The molecule has 5 heteroatoms. The molecule has 0 fully saturated rings. The molecule has 0 N–H and O–H groups in total. The summed E-state index contributed by atoms with van der Waals surface area (Å²) in [4.78, 5) is 13.1. The molecule has 0 atom stereocenters. The number of halogens is 3. The minimum atomic E-state index is -2.47. The van der Waals surface area contributed by atoms with Gasteiger partial charge in [-0.05, 0) is 6.42 Å². The molecule has 0 aromatic rings. The van der Waals surface area contributed by atoms with Gasteiger partial charge in [0.1, 0.15) is 0 Å². The van der Waals surface area contributed by atoms with Crippen LogP contribution in [0.25, 0.3) is 0 Å². The van der Waals surface area contributed by atoms with Crippen LogP contribution in [0.15, 0.2) is 0 Å². The van der Waals surface area contributed by atoms with E-state index in [-0.39, 0.29) is 5.91 Å². The van der Waals surface area contributed by atoms with Crippen molar-refractivity contribution in [3.05, 3.63) is 0 Å². The number of rotatable bonds is 6. The number of carbonyl (C=O) groups excluding carboxylic acids is 1. The van der Waals surface area contributed by atoms with Gasteiger partial charge >= 0.3 is 0 Å². The molecule has 90 valence electrons. The normalized spacial score (nSPS) is 11.9. The average Bonchev–Trinajstić information content (AvgIpc) is 2.15.